The van der Waals surface area contributed by atoms with Crippen molar-refractivity contribution in [1.82, 2.24) is 5.32 Å². The van der Waals surface area contributed by atoms with Crippen molar-refractivity contribution in [2.24, 2.45) is 0 Å². The number of anilines is 1. The summed E-state index contributed by atoms with van der Waals surface area (Å²) < 4.78 is 5.38. The van der Waals surface area contributed by atoms with Crippen molar-refractivity contribution in [3.8, 4) is 5.75 Å². The van der Waals surface area contributed by atoms with Crippen LogP contribution in [0.15, 0.2) is 48.5 Å². The maximum atomic E-state index is 12.0. The first kappa shape index (κ1) is 17.0. The number of hydrogen-bond donors (Lipinski definition) is 2. The first-order valence-electron chi connectivity index (χ1n) is 7.46. The molecule has 4 nitrogen and oxygen atoms in total. The SMILES string of the molecule is CCOc1ccc(NC(=S)NC(=O)Cc2ccccc2C)cc1. The number of ether oxygens (including phenoxy) is 1. The Labute approximate surface area is 141 Å². The highest BCUT2D eigenvalue weighted by Gasteiger charge is 2.08. The van der Waals surface area contributed by atoms with E-state index in [9.17, 15) is 4.79 Å². The molecule has 2 rings (SSSR count). The predicted octanol–water partition coefficient (Wildman–Crippen LogP) is 3.45. The van der Waals surface area contributed by atoms with Crippen LogP contribution >= 0.6 is 12.2 Å². The van der Waals surface area contributed by atoms with Crippen molar-refractivity contribution in [3.63, 3.8) is 0 Å². The molecule has 2 aromatic rings. The van der Waals surface area contributed by atoms with Crippen LogP contribution in [0.4, 0.5) is 5.69 Å². The quantitative estimate of drug-likeness (QED) is 0.826. The Morgan fingerprint density at radius 1 is 1.13 bits per heavy atom. The summed E-state index contributed by atoms with van der Waals surface area (Å²) in [4.78, 5) is 12.0. The Morgan fingerprint density at radius 2 is 1.83 bits per heavy atom. The molecule has 0 spiro atoms. The highest BCUT2D eigenvalue weighted by molar-refractivity contribution is 7.80. The van der Waals surface area contributed by atoms with Gasteiger partial charge < -0.3 is 15.4 Å². The summed E-state index contributed by atoms with van der Waals surface area (Å²) in [7, 11) is 0. The molecule has 1 amide bonds. The van der Waals surface area contributed by atoms with E-state index in [-0.39, 0.29) is 11.0 Å². The van der Waals surface area contributed by atoms with Gasteiger partial charge in [-0.2, -0.15) is 0 Å². The third kappa shape index (κ3) is 5.38. The summed E-state index contributed by atoms with van der Waals surface area (Å²) in [5.74, 6) is 0.662. The average molecular weight is 328 g/mol. The Kier molecular flexibility index (Phi) is 6.11. The number of benzene rings is 2. The summed E-state index contributed by atoms with van der Waals surface area (Å²) >= 11 is 5.17. The molecule has 0 heterocycles. The van der Waals surface area contributed by atoms with Crippen LogP contribution in [-0.2, 0) is 11.2 Å². The van der Waals surface area contributed by atoms with Crippen LogP contribution in [-0.4, -0.2) is 17.6 Å². The van der Waals surface area contributed by atoms with Gasteiger partial charge in [-0.1, -0.05) is 24.3 Å². The van der Waals surface area contributed by atoms with E-state index < -0.39 is 0 Å². The van der Waals surface area contributed by atoms with Crippen molar-refractivity contribution in [2.45, 2.75) is 20.3 Å². The van der Waals surface area contributed by atoms with Gasteiger partial charge in [0.15, 0.2) is 5.11 Å². The van der Waals surface area contributed by atoms with Crippen LogP contribution in [0.2, 0.25) is 0 Å². The Morgan fingerprint density at radius 3 is 2.48 bits per heavy atom. The molecule has 23 heavy (non-hydrogen) atoms. The second-order valence-electron chi connectivity index (χ2n) is 5.06. The summed E-state index contributed by atoms with van der Waals surface area (Å²) in [6, 6.07) is 15.2. The summed E-state index contributed by atoms with van der Waals surface area (Å²) in [6.45, 7) is 4.55. The molecule has 0 bridgehead atoms. The molecule has 0 atom stereocenters. The van der Waals surface area contributed by atoms with Gasteiger partial charge in [0, 0.05) is 5.69 Å². The third-order valence-electron chi connectivity index (χ3n) is 3.29. The minimum Gasteiger partial charge on any atom is -0.494 e. The summed E-state index contributed by atoms with van der Waals surface area (Å²) in [6.07, 6.45) is 0.303. The fourth-order valence-electron chi connectivity index (χ4n) is 2.12. The van der Waals surface area contributed by atoms with Crippen molar-refractivity contribution in [3.05, 3.63) is 59.7 Å². The molecule has 0 aromatic heterocycles. The standard InChI is InChI=1S/C18H20N2O2S/c1-3-22-16-10-8-15(9-11-16)19-18(23)20-17(21)12-14-7-5-4-6-13(14)2/h4-11H,3,12H2,1-2H3,(H2,19,20,21,23). The monoisotopic (exact) mass is 328 g/mol. The van der Waals surface area contributed by atoms with Crippen LogP contribution in [0.3, 0.4) is 0 Å². The van der Waals surface area contributed by atoms with Gasteiger partial charge in [0.1, 0.15) is 5.75 Å². The fraction of sp³-hybridized carbons (Fsp3) is 0.222. The van der Waals surface area contributed by atoms with Gasteiger partial charge in [0.05, 0.1) is 13.0 Å². The molecule has 0 aliphatic heterocycles. The Bertz CT molecular complexity index is 684. The maximum absolute atomic E-state index is 12.0. The number of hydrogen-bond acceptors (Lipinski definition) is 3. The topological polar surface area (TPSA) is 50.4 Å². The lowest BCUT2D eigenvalue weighted by atomic mass is 10.1. The largest absolute Gasteiger partial charge is 0.494 e. The molecule has 0 saturated heterocycles. The molecule has 0 saturated carbocycles. The lowest BCUT2D eigenvalue weighted by molar-refractivity contribution is -0.119. The smallest absolute Gasteiger partial charge is 0.230 e. The molecule has 0 radical (unpaired) electrons. The van der Waals surface area contributed by atoms with Gasteiger partial charge in [-0.15, -0.1) is 0 Å². The van der Waals surface area contributed by atoms with E-state index in [1.165, 1.54) is 0 Å². The summed E-state index contributed by atoms with van der Waals surface area (Å²) in [5, 5.41) is 5.97. The van der Waals surface area contributed by atoms with Crippen LogP contribution in [0.25, 0.3) is 0 Å². The number of nitrogens with one attached hydrogen (secondary N) is 2. The number of thiocarbonyl (C=S) groups is 1. The number of carbonyl (C=O) groups excluding carboxylic acids is 1. The van der Waals surface area contributed by atoms with E-state index in [1.807, 2.05) is 62.4 Å². The average Bonchev–Trinajstić information content (AvgIpc) is 2.51. The van der Waals surface area contributed by atoms with Crippen LogP contribution in [0.5, 0.6) is 5.75 Å². The number of carbonyl (C=O) groups is 1. The first-order valence-corrected chi connectivity index (χ1v) is 7.87. The van der Waals surface area contributed by atoms with E-state index >= 15 is 0 Å². The first-order chi connectivity index (χ1) is 11.1. The van der Waals surface area contributed by atoms with Gasteiger partial charge in [0.25, 0.3) is 0 Å². The number of rotatable bonds is 5. The minimum absolute atomic E-state index is 0.136. The lowest BCUT2D eigenvalue weighted by Crippen LogP contribution is -2.35. The van der Waals surface area contributed by atoms with Gasteiger partial charge in [-0.05, 0) is 61.5 Å². The molecule has 0 aliphatic rings. The van der Waals surface area contributed by atoms with Crippen LogP contribution < -0.4 is 15.4 Å². The summed E-state index contributed by atoms with van der Waals surface area (Å²) in [5.41, 5.74) is 2.89. The molecule has 2 N–H and O–H groups in total. The number of amides is 1. The van der Waals surface area contributed by atoms with Gasteiger partial charge in [-0.25, -0.2) is 0 Å². The van der Waals surface area contributed by atoms with Crippen molar-refractivity contribution in [2.75, 3.05) is 11.9 Å². The zero-order chi connectivity index (χ0) is 16.7. The van der Waals surface area contributed by atoms with Crippen LogP contribution in [0, 0.1) is 6.92 Å². The highest BCUT2D eigenvalue weighted by atomic mass is 32.1. The molecule has 0 fully saturated rings. The van der Waals surface area contributed by atoms with Crippen molar-refractivity contribution < 1.29 is 9.53 Å². The van der Waals surface area contributed by atoms with Gasteiger partial charge >= 0.3 is 0 Å². The van der Waals surface area contributed by atoms with Gasteiger partial charge in [0.2, 0.25) is 5.91 Å². The highest BCUT2D eigenvalue weighted by Crippen LogP contribution is 2.15. The van der Waals surface area contributed by atoms with Gasteiger partial charge in [-0.3, -0.25) is 4.79 Å². The van der Waals surface area contributed by atoms with E-state index in [4.69, 9.17) is 17.0 Å². The molecule has 120 valence electrons. The molecular weight excluding hydrogens is 308 g/mol. The third-order valence-corrected chi connectivity index (χ3v) is 3.49. The van der Waals surface area contributed by atoms with E-state index in [0.717, 1.165) is 22.6 Å². The second kappa shape index (κ2) is 8.29. The van der Waals surface area contributed by atoms with Crippen LogP contribution in [0.1, 0.15) is 18.1 Å². The second-order valence-corrected chi connectivity index (χ2v) is 5.47. The minimum atomic E-state index is -0.136. The zero-order valence-corrected chi connectivity index (χ0v) is 14.1. The molecule has 0 aliphatic carbocycles. The Hall–Kier alpha value is -2.40. The lowest BCUT2D eigenvalue weighted by Gasteiger charge is -2.11. The predicted molar refractivity (Wildman–Crippen MR) is 96.9 cm³/mol. The molecule has 5 heteroatoms. The maximum Gasteiger partial charge on any atom is 0.230 e. The molecule has 0 unspecified atom stereocenters. The van der Waals surface area contributed by atoms with E-state index in [0.29, 0.717) is 13.0 Å². The fourth-order valence-corrected chi connectivity index (χ4v) is 2.35. The van der Waals surface area contributed by atoms with E-state index in [2.05, 4.69) is 10.6 Å². The van der Waals surface area contributed by atoms with E-state index in [1.54, 1.807) is 0 Å². The molecular formula is C18H20N2O2S. The zero-order valence-electron chi connectivity index (χ0n) is 13.3. The normalized spacial score (nSPS) is 10.0. The molecule has 2 aromatic carbocycles. The van der Waals surface area contributed by atoms with Crippen molar-refractivity contribution >= 4 is 28.9 Å². The Balaban J connectivity index is 1.86. The number of aryl methyl sites for hydroxylation is 1. The van der Waals surface area contributed by atoms with Crippen molar-refractivity contribution in [1.29, 1.82) is 0 Å².